The maximum atomic E-state index is 11.0. The van der Waals surface area contributed by atoms with E-state index in [4.69, 9.17) is 5.73 Å². The number of nitrogens with one attached hydrogen (secondary N) is 2. The van der Waals surface area contributed by atoms with Crippen LogP contribution in [0.2, 0.25) is 0 Å². The number of pyridine rings is 1. The van der Waals surface area contributed by atoms with Crippen LogP contribution in [0.3, 0.4) is 0 Å². The van der Waals surface area contributed by atoms with E-state index in [0.717, 1.165) is 36.5 Å². The zero-order chi connectivity index (χ0) is 17.4. The van der Waals surface area contributed by atoms with Gasteiger partial charge in [-0.2, -0.15) is 4.99 Å². The van der Waals surface area contributed by atoms with E-state index in [2.05, 4.69) is 32.5 Å². The molecule has 0 saturated carbocycles. The van der Waals surface area contributed by atoms with Gasteiger partial charge in [-0.15, -0.1) is 11.3 Å². The molecule has 0 aromatic carbocycles. The Balaban J connectivity index is 2.06. The zero-order valence-electron chi connectivity index (χ0n) is 13.9. The van der Waals surface area contributed by atoms with Crippen molar-refractivity contribution in [2.24, 2.45) is 10.7 Å². The molecule has 0 aliphatic rings. The van der Waals surface area contributed by atoms with Crippen LogP contribution in [0.5, 0.6) is 0 Å². The Hall–Kier alpha value is -2.48. The van der Waals surface area contributed by atoms with Gasteiger partial charge in [0.05, 0.1) is 17.9 Å². The first-order valence-corrected chi connectivity index (χ1v) is 8.70. The summed E-state index contributed by atoms with van der Waals surface area (Å²) in [4.78, 5) is 24.2. The van der Waals surface area contributed by atoms with Crippen LogP contribution in [0.25, 0.3) is 11.4 Å². The Morgan fingerprint density at radius 1 is 1.29 bits per heavy atom. The fourth-order valence-corrected chi connectivity index (χ4v) is 2.60. The maximum absolute atomic E-state index is 11.0. The standard InChI is InChI=1S/C16H22N6OS/c1-3-4-8-18-15(17)22-16-21-14(10-24-16)13-7-5-6-12(20-13)9-19-11(2)23/h5-7,10H,3-4,8-9H2,1-2H3,(H,19,23)(H3,17,18,21,22). The summed E-state index contributed by atoms with van der Waals surface area (Å²) in [6, 6.07) is 5.63. The second-order valence-corrected chi connectivity index (χ2v) is 6.05. The predicted octanol–water partition coefficient (Wildman–Crippen LogP) is 2.18. The molecule has 7 nitrogen and oxygen atoms in total. The Kier molecular flexibility index (Phi) is 6.68. The summed E-state index contributed by atoms with van der Waals surface area (Å²) in [6.07, 6.45) is 2.15. The highest BCUT2D eigenvalue weighted by molar-refractivity contribution is 7.13. The number of nitrogens with two attached hydrogens (primary N) is 1. The molecule has 0 atom stereocenters. The Bertz CT molecular complexity index is 712. The van der Waals surface area contributed by atoms with Crippen molar-refractivity contribution in [3.05, 3.63) is 29.3 Å². The number of rotatable bonds is 7. The Labute approximate surface area is 145 Å². The van der Waals surface area contributed by atoms with Crippen molar-refractivity contribution in [1.29, 1.82) is 0 Å². The Morgan fingerprint density at radius 2 is 2.12 bits per heavy atom. The molecule has 128 valence electrons. The van der Waals surface area contributed by atoms with Crippen molar-refractivity contribution < 1.29 is 4.79 Å². The van der Waals surface area contributed by atoms with Gasteiger partial charge < -0.3 is 16.4 Å². The average Bonchev–Trinajstić information content (AvgIpc) is 3.02. The highest BCUT2D eigenvalue weighted by Gasteiger charge is 2.07. The lowest BCUT2D eigenvalue weighted by Gasteiger charge is -2.03. The van der Waals surface area contributed by atoms with Gasteiger partial charge in [0.1, 0.15) is 5.69 Å². The van der Waals surface area contributed by atoms with Gasteiger partial charge >= 0.3 is 0 Å². The molecule has 2 heterocycles. The number of thiazole rings is 1. The highest BCUT2D eigenvalue weighted by Crippen LogP contribution is 2.25. The number of nitrogens with zero attached hydrogens (tertiary/aromatic N) is 3. The van der Waals surface area contributed by atoms with Crippen LogP contribution in [0.1, 0.15) is 32.4 Å². The molecule has 24 heavy (non-hydrogen) atoms. The molecule has 0 bridgehead atoms. The van der Waals surface area contributed by atoms with Crippen LogP contribution in [0.15, 0.2) is 28.6 Å². The van der Waals surface area contributed by atoms with E-state index in [1.807, 2.05) is 23.6 Å². The first-order valence-electron chi connectivity index (χ1n) is 7.82. The van der Waals surface area contributed by atoms with Gasteiger partial charge in [0.2, 0.25) is 11.0 Å². The minimum Gasteiger partial charge on any atom is -0.370 e. The maximum Gasteiger partial charge on any atom is 0.217 e. The zero-order valence-corrected chi connectivity index (χ0v) is 14.7. The van der Waals surface area contributed by atoms with Crippen LogP contribution < -0.4 is 16.4 Å². The first-order chi connectivity index (χ1) is 11.6. The van der Waals surface area contributed by atoms with Crippen LogP contribution in [0.4, 0.5) is 5.13 Å². The molecular formula is C16H22N6OS. The van der Waals surface area contributed by atoms with E-state index < -0.39 is 0 Å². The summed E-state index contributed by atoms with van der Waals surface area (Å²) >= 11 is 1.41. The van der Waals surface area contributed by atoms with E-state index in [1.165, 1.54) is 18.3 Å². The summed E-state index contributed by atoms with van der Waals surface area (Å²) in [6.45, 7) is 4.80. The summed E-state index contributed by atoms with van der Waals surface area (Å²) in [5.41, 5.74) is 8.10. The SMILES string of the molecule is CCCCNC(N)=Nc1nc(-c2cccc(CNC(C)=O)n2)cs1. The van der Waals surface area contributed by atoms with Gasteiger partial charge in [0.25, 0.3) is 0 Å². The number of carbonyl (C=O) groups is 1. The predicted molar refractivity (Wildman–Crippen MR) is 97.1 cm³/mol. The highest BCUT2D eigenvalue weighted by atomic mass is 32.1. The van der Waals surface area contributed by atoms with Gasteiger partial charge in [-0.05, 0) is 18.6 Å². The number of aromatic nitrogens is 2. The van der Waals surface area contributed by atoms with Crippen LogP contribution in [0, 0.1) is 0 Å². The largest absolute Gasteiger partial charge is 0.370 e. The molecule has 2 aromatic rings. The summed E-state index contributed by atoms with van der Waals surface area (Å²) in [5, 5.41) is 8.26. The van der Waals surface area contributed by atoms with Crippen LogP contribution >= 0.6 is 11.3 Å². The van der Waals surface area contributed by atoms with Gasteiger partial charge in [-0.25, -0.2) is 9.97 Å². The number of hydrogen-bond acceptors (Lipinski definition) is 5. The molecule has 4 N–H and O–H groups in total. The quantitative estimate of drug-likeness (QED) is 0.405. The van der Waals surface area contributed by atoms with Crippen LogP contribution in [-0.4, -0.2) is 28.4 Å². The normalized spacial score (nSPS) is 11.3. The summed E-state index contributed by atoms with van der Waals surface area (Å²) < 4.78 is 0. The van der Waals surface area contributed by atoms with Crippen molar-refractivity contribution in [3.8, 4) is 11.4 Å². The summed E-state index contributed by atoms with van der Waals surface area (Å²) in [7, 11) is 0. The number of unbranched alkanes of at least 4 members (excludes halogenated alkanes) is 1. The number of amides is 1. The minimum atomic E-state index is -0.0847. The van der Waals surface area contributed by atoms with Crippen molar-refractivity contribution in [2.45, 2.75) is 33.2 Å². The lowest BCUT2D eigenvalue weighted by molar-refractivity contribution is -0.119. The third kappa shape index (κ3) is 5.62. The second-order valence-electron chi connectivity index (χ2n) is 5.22. The van der Waals surface area contributed by atoms with E-state index in [-0.39, 0.29) is 5.91 Å². The van der Waals surface area contributed by atoms with Crippen molar-refractivity contribution in [1.82, 2.24) is 20.6 Å². The second kappa shape index (κ2) is 8.97. The lowest BCUT2D eigenvalue weighted by Crippen LogP contribution is -2.31. The fourth-order valence-electron chi connectivity index (χ4n) is 1.90. The molecule has 0 aliphatic heterocycles. The van der Waals surface area contributed by atoms with Gasteiger partial charge in [0.15, 0.2) is 5.96 Å². The lowest BCUT2D eigenvalue weighted by atomic mass is 10.2. The monoisotopic (exact) mass is 346 g/mol. The molecule has 0 aliphatic carbocycles. The van der Waals surface area contributed by atoms with Crippen molar-refractivity contribution in [3.63, 3.8) is 0 Å². The topological polar surface area (TPSA) is 105 Å². The van der Waals surface area contributed by atoms with E-state index >= 15 is 0 Å². The molecular weight excluding hydrogens is 324 g/mol. The molecule has 0 fully saturated rings. The number of hydrogen-bond donors (Lipinski definition) is 3. The smallest absolute Gasteiger partial charge is 0.217 e. The van der Waals surface area contributed by atoms with E-state index in [1.54, 1.807) is 0 Å². The molecule has 8 heteroatoms. The molecule has 2 rings (SSSR count). The molecule has 0 unspecified atom stereocenters. The van der Waals surface area contributed by atoms with Gasteiger partial charge in [-0.3, -0.25) is 4.79 Å². The average molecular weight is 346 g/mol. The molecule has 2 aromatic heterocycles. The molecule has 0 radical (unpaired) electrons. The number of guanidine groups is 1. The van der Waals surface area contributed by atoms with Gasteiger partial charge in [-0.1, -0.05) is 19.4 Å². The third-order valence-electron chi connectivity index (χ3n) is 3.13. The number of carbonyl (C=O) groups excluding carboxylic acids is 1. The third-order valence-corrected chi connectivity index (χ3v) is 3.87. The summed E-state index contributed by atoms with van der Waals surface area (Å²) in [5.74, 6) is 0.287. The minimum absolute atomic E-state index is 0.0847. The van der Waals surface area contributed by atoms with Crippen molar-refractivity contribution in [2.75, 3.05) is 6.54 Å². The van der Waals surface area contributed by atoms with Gasteiger partial charge in [0, 0.05) is 18.8 Å². The molecule has 1 amide bonds. The fraction of sp³-hybridized carbons (Fsp3) is 0.375. The van der Waals surface area contributed by atoms with Crippen LogP contribution in [-0.2, 0) is 11.3 Å². The first kappa shape index (κ1) is 17.9. The Morgan fingerprint density at radius 3 is 2.88 bits per heavy atom. The number of aliphatic imine (C=N–C) groups is 1. The molecule has 0 spiro atoms. The van der Waals surface area contributed by atoms with E-state index in [0.29, 0.717) is 17.6 Å². The van der Waals surface area contributed by atoms with Crippen molar-refractivity contribution >= 4 is 28.3 Å². The molecule has 0 saturated heterocycles. The van der Waals surface area contributed by atoms with E-state index in [9.17, 15) is 4.79 Å².